The van der Waals surface area contributed by atoms with Crippen LogP contribution in [0.2, 0.25) is 0 Å². The fourth-order valence-electron chi connectivity index (χ4n) is 5.09. The number of aliphatic hydroxyl groups is 2. The van der Waals surface area contributed by atoms with Crippen LogP contribution in [-0.2, 0) is 19.1 Å². The first-order valence-electron chi connectivity index (χ1n) is 18.8. The molecule has 0 spiro atoms. The number of aliphatic hydroxyl groups excluding tert-OH is 2. The van der Waals surface area contributed by atoms with Gasteiger partial charge in [0.1, 0.15) is 6.61 Å². The molecule has 266 valence electrons. The van der Waals surface area contributed by atoms with E-state index in [9.17, 15) is 19.8 Å². The van der Waals surface area contributed by atoms with Gasteiger partial charge in [-0.05, 0) is 51.4 Å². The highest BCUT2D eigenvalue weighted by molar-refractivity contribution is 5.70. The van der Waals surface area contributed by atoms with Crippen molar-refractivity contribution in [2.75, 3.05) is 13.2 Å². The largest absolute Gasteiger partial charge is 0.462 e. The molecule has 0 aliphatic carbocycles. The maximum Gasteiger partial charge on any atom is 0.306 e. The number of rotatable bonds is 33. The van der Waals surface area contributed by atoms with Gasteiger partial charge in [0.25, 0.3) is 0 Å². The molecule has 0 heterocycles. The molecule has 6 heteroatoms. The van der Waals surface area contributed by atoms with Crippen molar-refractivity contribution in [3.63, 3.8) is 0 Å². The van der Waals surface area contributed by atoms with Crippen LogP contribution in [0.3, 0.4) is 0 Å². The second kappa shape index (κ2) is 35.7. The van der Waals surface area contributed by atoms with Crippen LogP contribution in [0.5, 0.6) is 0 Å². The molecule has 0 saturated carbocycles. The van der Waals surface area contributed by atoms with Crippen molar-refractivity contribution in [3.05, 3.63) is 48.6 Å². The molecule has 46 heavy (non-hydrogen) atoms. The quantitative estimate of drug-likeness (QED) is 0.0419. The third-order valence-electron chi connectivity index (χ3n) is 7.93. The number of allylic oxidation sites excluding steroid dienone is 7. The first kappa shape index (κ1) is 43.8. The minimum Gasteiger partial charge on any atom is -0.462 e. The van der Waals surface area contributed by atoms with Crippen molar-refractivity contribution in [3.8, 4) is 0 Å². The molecule has 0 radical (unpaired) electrons. The zero-order valence-corrected chi connectivity index (χ0v) is 29.7. The van der Waals surface area contributed by atoms with Crippen LogP contribution in [0.15, 0.2) is 48.6 Å². The number of hydrogen-bond donors (Lipinski definition) is 2. The molecule has 1 unspecified atom stereocenters. The van der Waals surface area contributed by atoms with E-state index in [-0.39, 0.29) is 37.7 Å². The average Bonchev–Trinajstić information content (AvgIpc) is 3.05. The lowest BCUT2D eigenvalue weighted by Gasteiger charge is -2.15. The van der Waals surface area contributed by atoms with E-state index < -0.39 is 6.10 Å². The number of esters is 2. The Hall–Kier alpha value is -2.18. The summed E-state index contributed by atoms with van der Waals surface area (Å²) in [6, 6.07) is 0. The summed E-state index contributed by atoms with van der Waals surface area (Å²) < 4.78 is 10.5. The van der Waals surface area contributed by atoms with E-state index in [1.54, 1.807) is 0 Å². The third kappa shape index (κ3) is 33.2. The summed E-state index contributed by atoms with van der Waals surface area (Å²) in [7, 11) is 0. The van der Waals surface area contributed by atoms with Gasteiger partial charge in [-0.15, -0.1) is 0 Å². The van der Waals surface area contributed by atoms with Gasteiger partial charge in [-0.3, -0.25) is 9.59 Å². The van der Waals surface area contributed by atoms with E-state index in [0.29, 0.717) is 12.8 Å². The van der Waals surface area contributed by atoms with E-state index in [1.807, 2.05) is 0 Å². The van der Waals surface area contributed by atoms with Gasteiger partial charge < -0.3 is 19.7 Å². The molecule has 0 aromatic rings. The molecule has 0 aromatic heterocycles. The van der Waals surface area contributed by atoms with Crippen molar-refractivity contribution in [1.82, 2.24) is 0 Å². The minimum absolute atomic E-state index is 0.0962. The van der Waals surface area contributed by atoms with Gasteiger partial charge in [0.15, 0.2) is 6.10 Å². The van der Waals surface area contributed by atoms with Gasteiger partial charge in [-0.2, -0.15) is 0 Å². The van der Waals surface area contributed by atoms with E-state index >= 15 is 0 Å². The molecule has 6 nitrogen and oxygen atoms in total. The second-order valence-electron chi connectivity index (χ2n) is 12.5. The van der Waals surface area contributed by atoms with Gasteiger partial charge in [0.05, 0.1) is 12.7 Å². The molecule has 0 rings (SSSR count). The summed E-state index contributed by atoms with van der Waals surface area (Å²) in [6.07, 6.45) is 40.9. The topological polar surface area (TPSA) is 93.1 Å². The van der Waals surface area contributed by atoms with Gasteiger partial charge in [-0.1, -0.05) is 152 Å². The summed E-state index contributed by atoms with van der Waals surface area (Å²) >= 11 is 0. The zero-order chi connectivity index (χ0) is 33.8. The van der Waals surface area contributed by atoms with Crippen molar-refractivity contribution in [2.45, 2.75) is 180 Å². The molecule has 2 atom stereocenters. The van der Waals surface area contributed by atoms with E-state index in [0.717, 1.165) is 64.2 Å². The fourth-order valence-corrected chi connectivity index (χ4v) is 5.09. The van der Waals surface area contributed by atoms with E-state index in [2.05, 4.69) is 62.5 Å². The highest BCUT2D eigenvalue weighted by Crippen LogP contribution is 2.14. The van der Waals surface area contributed by atoms with Gasteiger partial charge >= 0.3 is 11.9 Å². The average molecular weight is 647 g/mol. The SMILES string of the molecule is CCCCCCCCCCCCCCCCC(=O)OC[C@H](CO)OC(=O)CCC/C=C\C/C=C\C/C=C\C/C=C\CC(O)CCC. The Bertz CT molecular complexity index is 800. The Kier molecular flexibility index (Phi) is 34.0. The summed E-state index contributed by atoms with van der Waals surface area (Å²) in [4.78, 5) is 24.2. The highest BCUT2D eigenvalue weighted by atomic mass is 16.6. The maximum atomic E-state index is 12.1. The standard InChI is InChI=1S/C40H70O6/c1-3-5-6-7-8-9-10-11-14-17-20-23-26-29-33-39(43)45-36-38(35-41)46-40(44)34-30-27-24-21-18-15-12-13-16-19-22-25-28-32-37(42)31-4-2/h12,15-16,19,21,24-25,28,37-38,41-42H,3-11,13-14,17-18,20,22-23,26-27,29-36H2,1-2H3/b15-12-,19-16-,24-21-,28-25-/t37?,38-/m0/s1. The molecule has 0 amide bonds. The van der Waals surface area contributed by atoms with Crippen LogP contribution in [-0.4, -0.2) is 47.6 Å². The lowest BCUT2D eigenvalue weighted by atomic mass is 10.0. The van der Waals surface area contributed by atoms with Crippen molar-refractivity contribution in [2.24, 2.45) is 0 Å². The van der Waals surface area contributed by atoms with Crippen LogP contribution in [0.25, 0.3) is 0 Å². The molecule has 0 aromatic carbocycles. The Morgan fingerprint density at radius 2 is 1.07 bits per heavy atom. The minimum atomic E-state index is -0.808. The number of carbonyl (C=O) groups excluding carboxylic acids is 2. The first-order valence-corrected chi connectivity index (χ1v) is 18.8. The molecular formula is C40H70O6. The van der Waals surface area contributed by atoms with Crippen LogP contribution in [0, 0.1) is 0 Å². The lowest BCUT2D eigenvalue weighted by Crippen LogP contribution is -2.28. The van der Waals surface area contributed by atoms with Crippen molar-refractivity contribution < 1.29 is 29.3 Å². The first-order chi connectivity index (χ1) is 22.5. The molecular weight excluding hydrogens is 576 g/mol. The lowest BCUT2D eigenvalue weighted by molar-refractivity contribution is -0.161. The van der Waals surface area contributed by atoms with Crippen molar-refractivity contribution in [1.29, 1.82) is 0 Å². The van der Waals surface area contributed by atoms with Crippen LogP contribution in [0.4, 0.5) is 0 Å². The number of hydrogen-bond acceptors (Lipinski definition) is 6. The van der Waals surface area contributed by atoms with Gasteiger partial charge in [-0.25, -0.2) is 0 Å². The van der Waals surface area contributed by atoms with Crippen LogP contribution >= 0.6 is 0 Å². The van der Waals surface area contributed by atoms with Gasteiger partial charge in [0, 0.05) is 12.8 Å². The summed E-state index contributed by atoms with van der Waals surface area (Å²) in [6.45, 7) is 3.88. The van der Waals surface area contributed by atoms with E-state index in [4.69, 9.17) is 9.47 Å². The Morgan fingerprint density at radius 1 is 0.587 bits per heavy atom. The summed E-state index contributed by atoms with van der Waals surface area (Å²) in [5, 5.41) is 19.2. The molecule has 2 N–H and O–H groups in total. The molecule has 0 aliphatic heterocycles. The number of carbonyl (C=O) groups is 2. The van der Waals surface area contributed by atoms with Crippen LogP contribution in [0.1, 0.15) is 168 Å². The Morgan fingerprint density at radius 3 is 1.59 bits per heavy atom. The van der Waals surface area contributed by atoms with Crippen molar-refractivity contribution >= 4 is 11.9 Å². The predicted molar refractivity (Wildman–Crippen MR) is 193 cm³/mol. The van der Waals surface area contributed by atoms with Crippen LogP contribution < -0.4 is 0 Å². The van der Waals surface area contributed by atoms with E-state index in [1.165, 1.54) is 70.6 Å². The monoisotopic (exact) mass is 647 g/mol. The second-order valence-corrected chi connectivity index (χ2v) is 12.5. The summed E-state index contributed by atoms with van der Waals surface area (Å²) in [5.41, 5.74) is 0. The smallest absolute Gasteiger partial charge is 0.306 e. The molecule has 0 saturated heterocycles. The fraction of sp³-hybridized carbons (Fsp3) is 0.750. The molecule has 0 bridgehead atoms. The maximum absolute atomic E-state index is 12.1. The third-order valence-corrected chi connectivity index (χ3v) is 7.93. The Balaban J connectivity index is 3.70. The number of unbranched alkanes of at least 4 members (excludes halogenated alkanes) is 14. The Labute approximate surface area is 282 Å². The van der Waals surface area contributed by atoms with Gasteiger partial charge in [0.2, 0.25) is 0 Å². The normalized spacial score (nSPS) is 13.4. The molecule has 0 fully saturated rings. The number of ether oxygens (including phenoxy) is 2. The highest BCUT2D eigenvalue weighted by Gasteiger charge is 2.16. The zero-order valence-electron chi connectivity index (χ0n) is 29.7. The predicted octanol–water partition coefficient (Wildman–Crippen LogP) is 10.4. The molecule has 0 aliphatic rings. The summed E-state index contributed by atoms with van der Waals surface area (Å²) in [5.74, 6) is -0.676.